The molecule has 2 aromatic carbocycles. The Morgan fingerprint density at radius 3 is 2.36 bits per heavy atom. The summed E-state index contributed by atoms with van der Waals surface area (Å²) in [6.07, 6.45) is 14.4. The Hall–Kier alpha value is -2.19. The number of ether oxygens (including phenoxy) is 2. The lowest BCUT2D eigenvalue weighted by Gasteiger charge is -2.16. The molecule has 0 saturated heterocycles. The maximum absolute atomic E-state index is 14.4. The number of thioether (sulfide) groups is 1. The minimum atomic E-state index is -0.480. The van der Waals surface area contributed by atoms with Crippen LogP contribution in [0.4, 0.5) is 10.1 Å². The molecule has 1 aliphatic rings. The average Bonchev–Trinajstić information content (AvgIpc) is 3.31. The summed E-state index contributed by atoms with van der Waals surface area (Å²) in [7, 11) is 0. The predicted molar refractivity (Wildman–Crippen MR) is 166 cm³/mol. The number of hydrogen-bond acceptors (Lipinski definition) is 5. The number of hydrogen-bond donors (Lipinski definition) is 1. The predicted octanol–water partition coefficient (Wildman–Crippen LogP) is 9.09. The number of anilines is 1. The normalized spacial score (nSPS) is 12.6. The number of allylic oxidation sites excluding steroid dienone is 1. The number of carbonyl (C=O) groups is 1. The monoisotopic (exact) mass is 622 g/mol. The van der Waals surface area contributed by atoms with Crippen molar-refractivity contribution < 1.29 is 18.7 Å². The van der Waals surface area contributed by atoms with Gasteiger partial charge in [-0.3, -0.25) is 4.79 Å². The molecule has 1 N–H and O–H groups in total. The van der Waals surface area contributed by atoms with E-state index in [1.54, 1.807) is 12.1 Å². The van der Waals surface area contributed by atoms with Gasteiger partial charge in [0.15, 0.2) is 23.9 Å². The van der Waals surface area contributed by atoms with E-state index in [-0.39, 0.29) is 41.0 Å². The van der Waals surface area contributed by atoms with E-state index in [1.165, 1.54) is 62.3 Å². The summed E-state index contributed by atoms with van der Waals surface area (Å²) in [5.41, 5.74) is 1.82. The number of rotatable bonds is 18. The van der Waals surface area contributed by atoms with Gasteiger partial charge in [-0.25, -0.2) is 4.39 Å². The van der Waals surface area contributed by atoms with Crippen LogP contribution in [0.15, 0.2) is 53.6 Å². The highest BCUT2D eigenvalue weighted by Gasteiger charge is 2.14. The zero-order valence-electron chi connectivity index (χ0n) is 23.4. The Morgan fingerprint density at radius 2 is 1.67 bits per heavy atom. The van der Waals surface area contributed by atoms with Crippen molar-refractivity contribution in [1.82, 2.24) is 4.90 Å². The zero-order valence-corrected chi connectivity index (χ0v) is 25.9. The number of nitrogens with zero attached hydrogens (tertiary/aromatic N) is 1. The maximum atomic E-state index is 14.4. The van der Waals surface area contributed by atoms with Gasteiger partial charge in [0.05, 0.1) is 12.5 Å². The molecule has 0 atom stereocenters. The van der Waals surface area contributed by atoms with Crippen LogP contribution in [-0.4, -0.2) is 29.9 Å². The van der Waals surface area contributed by atoms with Crippen molar-refractivity contribution in [2.75, 3.05) is 24.4 Å². The van der Waals surface area contributed by atoms with Gasteiger partial charge in [0.1, 0.15) is 0 Å². The molecule has 39 heavy (non-hydrogen) atoms. The quantitative estimate of drug-likeness (QED) is 0.168. The molecule has 0 aromatic heterocycles. The van der Waals surface area contributed by atoms with Gasteiger partial charge in [0.2, 0.25) is 0 Å². The third-order valence-electron chi connectivity index (χ3n) is 6.45. The first kappa shape index (κ1) is 33.0. The van der Waals surface area contributed by atoms with E-state index in [4.69, 9.17) is 9.47 Å². The second-order valence-corrected chi connectivity index (χ2v) is 11.1. The van der Waals surface area contributed by atoms with Crippen molar-refractivity contribution in [2.24, 2.45) is 0 Å². The molecule has 1 aliphatic heterocycles. The first-order valence-electron chi connectivity index (χ1n) is 14.0. The number of unbranched alkanes of at least 4 members (excludes halogenated alkanes) is 9. The summed E-state index contributed by atoms with van der Waals surface area (Å²) in [6, 6.07) is 12.3. The molecule has 5 nitrogen and oxygen atoms in total. The second kappa shape index (κ2) is 19.0. The van der Waals surface area contributed by atoms with Gasteiger partial charge in [-0.1, -0.05) is 82.9 Å². The Kier molecular flexibility index (Phi) is 16.1. The lowest BCUT2D eigenvalue weighted by Crippen LogP contribution is -2.20. The minimum absolute atomic E-state index is 0. The van der Waals surface area contributed by atoms with Gasteiger partial charge in [0.25, 0.3) is 5.91 Å². The maximum Gasteiger partial charge on any atom is 0.262 e. The van der Waals surface area contributed by atoms with E-state index in [9.17, 15) is 9.18 Å². The van der Waals surface area contributed by atoms with Gasteiger partial charge in [-0.2, -0.15) is 0 Å². The van der Waals surface area contributed by atoms with Crippen LogP contribution in [0, 0.1) is 5.82 Å². The molecule has 3 rings (SSSR count). The molecule has 8 heteroatoms. The summed E-state index contributed by atoms with van der Waals surface area (Å²) >= 11 is 1.82. The molecule has 2 aromatic rings. The number of benzene rings is 2. The molecule has 0 spiro atoms. The van der Waals surface area contributed by atoms with E-state index >= 15 is 0 Å². The molecular formula is C31H44BrFN2O3S. The van der Waals surface area contributed by atoms with E-state index < -0.39 is 5.82 Å². The van der Waals surface area contributed by atoms with Crippen LogP contribution >= 0.6 is 28.7 Å². The van der Waals surface area contributed by atoms with E-state index in [0.717, 1.165) is 30.8 Å². The van der Waals surface area contributed by atoms with Crippen molar-refractivity contribution >= 4 is 40.3 Å². The van der Waals surface area contributed by atoms with E-state index in [0.29, 0.717) is 12.3 Å². The lowest BCUT2D eigenvalue weighted by atomic mass is 10.1. The fourth-order valence-electron chi connectivity index (χ4n) is 4.44. The van der Waals surface area contributed by atoms with Gasteiger partial charge in [-0.15, -0.1) is 28.7 Å². The smallest absolute Gasteiger partial charge is 0.262 e. The van der Waals surface area contributed by atoms with Crippen LogP contribution < -0.4 is 14.8 Å². The fraction of sp³-hybridized carbons (Fsp3) is 0.516. The number of halogens is 2. The Labute approximate surface area is 248 Å². The largest absolute Gasteiger partial charge is 0.487 e. The molecule has 0 unspecified atom stereocenters. The van der Waals surface area contributed by atoms with Gasteiger partial charge < -0.3 is 19.7 Å². The van der Waals surface area contributed by atoms with Crippen LogP contribution in [-0.2, 0) is 11.3 Å². The van der Waals surface area contributed by atoms with Crippen LogP contribution in [0.25, 0.3) is 0 Å². The molecular weight excluding hydrogens is 579 g/mol. The third kappa shape index (κ3) is 12.7. The molecule has 0 saturated carbocycles. The zero-order chi connectivity index (χ0) is 27.0. The van der Waals surface area contributed by atoms with Crippen LogP contribution in [0.5, 0.6) is 11.5 Å². The molecule has 0 bridgehead atoms. The highest BCUT2D eigenvalue weighted by atomic mass is 79.9. The highest BCUT2D eigenvalue weighted by Crippen LogP contribution is 2.30. The number of para-hydroxylation sites is 1. The van der Waals surface area contributed by atoms with Crippen molar-refractivity contribution in [3.8, 4) is 11.5 Å². The van der Waals surface area contributed by atoms with Crippen molar-refractivity contribution in [2.45, 2.75) is 84.6 Å². The van der Waals surface area contributed by atoms with Crippen LogP contribution in [0.3, 0.4) is 0 Å². The molecule has 1 amide bonds. The molecule has 0 fully saturated rings. The molecule has 0 aliphatic carbocycles. The van der Waals surface area contributed by atoms with Gasteiger partial charge >= 0.3 is 0 Å². The van der Waals surface area contributed by atoms with E-state index in [1.807, 2.05) is 36.0 Å². The Morgan fingerprint density at radius 1 is 0.974 bits per heavy atom. The summed E-state index contributed by atoms with van der Waals surface area (Å²) in [5.74, 6) is 0.472. The van der Waals surface area contributed by atoms with E-state index in [2.05, 4.69) is 30.3 Å². The molecule has 216 valence electrons. The van der Waals surface area contributed by atoms with Crippen molar-refractivity contribution in [1.29, 1.82) is 0 Å². The summed E-state index contributed by atoms with van der Waals surface area (Å²) < 4.78 is 25.8. The standard InChI is InChI=1S/C31H43FN2O3S.BrH/c1-3-4-5-6-7-8-9-10-11-12-19-36-31-28(32)17-14-18-29(31)37-23-30(35)33-27-16-13-15-26(20-27)22-34-21-25(2)38-24-34;/h13-18,20-21H,3-12,19,22-24H2,1-2H3,(H,33,35);1H. The molecule has 1 heterocycles. The minimum Gasteiger partial charge on any atom is -0.487 e. The Bertz CT molecular complexity index is 1040. The topological polar surface area (TPSA) is 50.8 Å². The first-order chi connectivity index (χ1) is 18.5. The van der Waals surface area contributed by atoms with Gasteiger partial charge in [-0.05, 0) is 48.1 Å². The Balaban J connectivity index is 0.00000533. The summed E-state index contributed by atoms with van der Waals surface area (Å²) in [4.78, 5) is 16.1. The SMILES string of the molecule is Br.CCCCCCCCCCCCOc1c(F)cccc1OCC(=O)Nc1cccc(CN2C=C(C)SC2)c1. The average molecular weight is 624 g/mol. The number of amides is 1. The summed E-state index contributed by atoms with van der Waals surface area (Å²) in [5, 5.41) is 2.87. The summed E-state index contributed by atoms with van der Waals surface area (Å²) in [6.45, 7) is 5.33. The number of carbonyl (C=O) groups excluding carboxylic acids is 1. The highest BCUT2D eigenvalue weighted by molar-refractivity contribution is 8.93. The molecule has 0 radical (unpaired) electrons. The number of nitrogens with one attached hydrogen (secondary N) is 1. The van der Waals surface area contributed by atoms with Crippen molar-refractivity contribution in [3.05, 3.63) is 65.0 Å². The fourth-order valence-corrected chi connectivity index (χ4v) is 5.20. The third-order valence-corrected chi connectivity index (χ3v) is 7.47. The van der Waals surface area contributed by atoms with Crippen molar-refractivity contribution in [3.63, 3.8) is 0 Å². The van der Waals surface area contributed by atoms with Crippen LogP contribution in [0.2, 0.25) is 0 Å². The van der Waals surface area contributed by atoms with Crippen LogP contribution in [0.1, 0.15) is 83.6 Å². The van der Waals surface area contributed by atoms with Gasteiger partial charge in [0, 0.05) is 18.4 Å². The lowest BCUT2D eigenvalue weighted by molar-refractivity contribution is -0.118. The first-order valence-corrected chi connectivity index (χ1v) is 15.0. The second-order valence-electron chi connectivity index (χ2n) is 9.89.